The number of nitrogens with one attached hydrogen (secondary N) is 1. The number of hydrogen-bond donors (Lipinski definition) is 1. The Kier molecular flexibility index (Phi) is 2.93. The fourth-order valence-corrected chi connectivity index (χ4v) is 3.29. The van der Waals surface area contributed by atoms with Gasteiger partial charge in [0.15, 0.2) is 0 Å². The van der Waals surface area contributed by atoms with Crippen molar-refractivity contribution in [2.45, 2.75) is 11.1 Å². The zero-order valence-corrected chi connectivity index (χ0v) is 10.2. The van der Waals surface area contributed by atoms with Gasteiger partial charge in [-0.25, -0.2) is 8.42 Å². The van der Waals surface area contributed by atoms with Gasteiger partial charge >= 0.3 is 0 Å². The van der Waals surface area contributed by atoms with E-state index in [9.17, 15) is 8.42 Å². The number of aromatic nitrogens is 1. The highest BCUT2D eigenvalue weighted by Gasteiger charge is 2.15. The van der Waals surface area contributed by atoms with E-state index < -0.39 is 10.0 Å². The topological polar surface area (TPSA) is 59.1 Å². The molecule has 0 saturated heterocycles. The van der Waals surface area contributed by atoms with Crippen LogP contribution in [-0.4, -0.2) is 13.4 Å². The molecule has 16 heavy (non-hydrogen) atoms. The standard InChI is InChI=1S/C10H10N2O2S2/c1-8-4-5-11-7-9(8)12-16(13,14)10-3-2-6-15-10/h2-7,12H,1H3. The van der Waals surface area contributed by atoms with Crippen LogP contribution in [0.3, 0.4) is 0 Å². The van der Waals surface area contributed by atoms with Crippen molar-refractivity contribution in [1.82, 2.24) is 4.98 Å². The fourth-order valence-electron chi connectivity index (χ4n) is 1.18. The molecule has 2 aromatic rings. The summed E-state index contributed by atoms with van der Waals surface area (Å²) >= 11 is 1.18. The van der Waals surface area contributed by atoms with Gasteiger partial charge in [-0.15, -0.1) is 11.3 Å². The van der Waals surface area contributed by atoms with Crippen LogP contribution >= 0.6 is 11.3 Å². The molecule has 0 unspecified atom stereocenters. The molecule has 0 aliphatic rings. The largest absolute Gasteiger partial charge is 0.277 e. The number of nitrogens with zero attached hydrogens (tertiary/aromatic N) is 1. The Morgan fingerprint density at radius 2 is 2.19 bits per heavy atom. The molecule has 0 aliphatic carbocycles. The van der Waals surface area contributed by atoms with E-state index in [0.717, 1.165) is 5.56 Å². The Labute approximate surface area is 98.0 Å². The van der Waals surface area contributed by atoms with Crippen LogP contribution in [0.2, 0.25) is 0 Å². The van der Waals surface area contributed by atoms with Crippen LogP contribution in [0.5, 0.6) is 0 Å². The maximum absolute atomic E-state index is 11.9. The van der Waals surface area contributed by atoms with Crippen LogP contribution in [0.4, 0.5) is 5.69 Å². The van der Waals surface area contributed by atoms with Crippen molar-refractivity contribution in [3.05, 3.63) is 41.5 Å². The Balaban J connectivity index is 2.33. The molecule has 0 aliphatic heterocycles. The van der Waals surface area contributed by atoms with E-state index in [-0.39, 0.29) is 0 Å². The highest BCUT2D eigenvalue weighted by Crippen LogP contribution is 2.21. The molecule has 0 spiro atoms. The van der Waals surface area contributed by atoms with E-state index in [1.165, 1.54) is 17.5 Å². The second kappa shape index (κ2) is 4.23. The molecule has 2 rings (SSSR count). The summed E-state index contributed by atoms with van der Waals surface area (Å²) in [4.78, 5) is 3.89. The number of hydrogen-bond acceptors (Lipinski definition) is 4. The third-order valence-electron chi connectivity index (χ3n) is 2.04. The van der Waals surface area contributed by atoms with Gasteiger partial charge in [0.1, 0.15) is 4.21 Å². The number of aryl methyl sites for hydroxylation is 1. The molecule has 0 bridgehead atoms. The van der Waals surface area contributed by atoms with Crippen LogP contribution in [0.25, 0.3) is 0 Å². The summed E-state index contributed by atoms with van der Waals surface area (Å²) in [5.74, 6) is 0. The summed E-state index contributed by atoms with van der Waals surface area (Å²) in [7, 11) is -3.46. The number of sulfonamides is 1. The van der Waals surface area contributed by atoms with E-state index in [4.69, 9.17) is 0 Å². The maximum atomic E-state index is 11.9. The predicted molar refractivity (Wildman–Crippen MR) is 64.1 cm³/mol. The summed E-state index contributed by atoms with van der Waals surface area (Å²) in [6.45, 7) is 1.83. The van der Waals surface area contributed by atoms with Crippen molar-refractivity contribution in [2.24, 2.45) is 0 Å². The van der Waals surface area contributed by atoms with E-state index in [2.05, 4.69) is 9.71 Å². The summed E-state index contributed by atoms with van der Waals surface area (Å²) in [5.41, 5.74) is 1.35. The van der Waals surface area contributed by atoms with Crippen molar-refractivity contribution in [2.75, 3.05) is 4.72 Å². The molecule has 2 heterocycles. The molecular weight excluding hydrogens is 244 g/mol. The smallest absolute Gasteiger partial charge is 0.271 e. The second-order valence-electron chi connectivity index (χ2n) is 3.23. The van der Waals surface area contributed by atoms with E-state index in [0.29, 0.717) is 9.90 Å². The van der Waals surface area contributed by atoms with Crippen LogP contribution < -0.4 is 4.72 Å². The average molecular weight is 254 g/mol. The van der Waals surface area contributed by atoms with E-state index >= 15 is 0 Å². The van der Waals surface area contributed by atoms with Crippen LogP contribution in [-0.2, 0) is 10.0 Å². The SMILES string of the molecule is Cc1ccncc1NS(=O)(=O)c1cccs1. The first-order valence-electron chi connectivity index (χ1n) is 4.56. The van der Waals surface area contributed by atoms with Gasteiger partial charge in [-0.1, -0.05) is 6.07 Å². The third kappa shape index (κ3) is 2.23. The van der Waals surface area contributed by atoms with Crippen LogP contribution in [0.15, 0.2) is 40.2 Å². The Bertz CT molecular complexity index is 577. The van der Waals surface area contributed by atoms with Crippen LogP contribution in [0, 0.1) is 6.92 Å². The lowest BCUT2D eigenvalue weighted by Crippen LogP contribution is -2.12. The Morgan fingerprint density at radius 3 is 2.81 bits per heavy atom. The summed E-state index contributed by atoms with van der Waals surface area (Å²) in [6, 6.07) is 5.03. The highest BCUT2D eigenvalue weighted by atomic mass is 32.2. The average Bonchev–Trinajstić information content (AvgIpc) is 2.75. The zero-order valence-electron chi connectivity index (χ0n) is 8.54. The van der Waals surface area contributed by atoms with Crippen molar-refractivity contribution in [3.63, 3.8) is 0 Å². The first kappa shape index (κ1) is 11.1. The number of thiophene rings is 1. The molecule has 0 fully saturated rings. The van der Waals surface area contributed by atoms with Gasteiger partial charge < -0.3 is 0 Å². The molecule has 0 aromatic carbocycles. The predicted octanol–water partition coefficient (Wildman–Crippen LogP) is 2.25. The van der Waals surface area contributed by atoms with Crippen molar-refractivity contribution in [1.29, 1.82) is 0 Å². The number of rotatable bonds is 3. The lowest BCUT2D eigenvalue weighted by molar-refractivity contribution is 0.603. The molecule has 1 N–H and O–H groups in total. The van der Waals surface area contributed by atoms with Crippen LogP contribution in [0.1, 0.15) is 5.56 Å². The molecule has 0 atom stereocenters. The fraction of sp³-hybridized carbons (Fsp3) is 0.100. The molecule has 84 valence electrons. The minimum absolute atomic E-state index is 0.302. The van der Waals surface area contributed by atoms with Gasteiger partial charge in [-0.05, 0) is 30.0 Å². The first-order chi connectivity index (χ1) is 7.59. The normalized spacial score (nSPS) is 11.3. The first-order valence-corrected chi connectivity index (χ1v) is 6.93. The van der Waals surface area contributed by atoms with Crippen molar-refractivity contribution in [3.8, 4) is 0 Å². The van der Waals surface area contributed by atoms with Gasteiger partial charge in [0.05, 0.1) is 11.9 Å². The Morgan fingerprint density at radius 1 is 1.38 bits per heavy atom. The van der Waals surface area contributed by atoms with E-state index in [1.807, 2.05) is 6.92 Å². The number of anilines is 1. The molecule has 0 amide bonds. The number of pyridine rings is 1. The third-order valence-corrected chi connectivity index (χ3v) is 4.81. The van der Waals surface area contributed by atoms with Gasteiger partial charge in [-0.2, -0.15) is 0 Å². The molecule has 2 aromatic heterocycles. The second-order valence-corrected chi connectivity index (χ2v) is 6.09. The zero-order chi connectivity index (χ0) is 11.6. The lowest BCUT2D eigenvalue weighted by atomic mass is 10.3. The molecule has 6 heteroatoms. The minimum atomic E-state index is -3.46. The van der Waals surface area contributed by atoms with Gasteiger partial charge in [0.2, 0.25) is 0 Å². The molecule has 0 radical (unpaired) electrons. The molecular formula is C10H10N2O2S2. The minimum Gasteiger partial charge on any atom is -0.277 e. The monoisotopic (exact) mass is 254 g/mol. The summed E-state index contributed by atoms with van der Waals surface area (Å²) < 4.78 is 26.6. The van der Waals surface area contributed by atoms with Crippen molar-refractivity contribution < 1.29 is 8.42 Å². The lowest BCUT2D eigenvalue weighted by Gasteiger charge is -2.07. The Hall–Kier alpha value is -1.40. The summed E-state index contributed by atoms with van der Waals surface area (Å²) in [5, 5.41) is 1.73. The van der Waals surface area contributed by atoms with Gasteiger partial charge in [0.25, 0.3) is 10.0 Å². The summed E-state index contributed by atoms with van der Waals surface area (Å²) in [6.07, 6.45) is 3.12. The van der Waals surface area contributed by atoms with Gasteiger partial charge in [-0.3, -0.25) is 9.71 Å². The quantitative estimate of drug-likeness (QED) is 0.914. The van der Waals surface area contributed by atoms with E-state index in [1.54, 1.807) is 29.8 Å². The van der Waals surface area contributed by atoms with Gasteiger partial charge in [0, 0.05) is 6.20 Å². The highest BCUT2D eigenvalue weighted by molar-refractivity contribution is 7.94. The molecule has 4 nitrogen and oxygen atoms in total. The van der Waals surface area contributed by atoms with Crippen molar-refractivity contribution >= 4 is 27.0 Å². The molecule has 0 saturated carbocycles. The maximum Gasteiger partial charge on any atom is 0.271 e.